The number of likely N-dealkylation sites (tertiary alicyclic amines) is 1. The van der Waals surface area contributed by atoms with Crippen LogP contribution in [-0.4, -0.2) is 56.1 Å². The zero-order chi connectivity index (χ0) is 12.8. The third kappa shape index (κ3) is 4.32. The van der Waals surface area contributed by atoms with Gasteiger partial charge in [-0.1, -0.05) is 0 Å². The van der Waals surface area contributed by atoms with E-state index in [1.54, 1.807) is 11.9 Å². The zero-order valence-electron chi connectivity index (χ0n) is 10.4. The molecule has 1 saturated heterocycles. The summed E-state index contributed by atoms with van der Waals surface area (Å²) >= 11 is 0. The Morgan fingerprint density at radius 1 is 1.71 bits per heavy atom. The van der Waals surface area contributed by atoms with Crippen molar-refractivity contribution in [2.45, 2.75) is 31.4 Å². The molecule has 0 aromatic heterocycles. The Bertz CT molecular complexity index is 279. The molecule has 2 unspecified atom stereocenters. The Hall–Kier alpha value is -1.14. The zero-order valence-corrected chi connectivity index (χ0v) is 10.4. The fourth-order valence-electron chi connectivity index (χ4n) is 1.89. The van der Waals surface area contributed by atoms with Crippen molar-refractivity contribution in [1.29, 1.82) is 0 Å². The van der Waals surface area contributed by atoms with Crippen LogP contribution in [0, 0.1) is 0 Å². The summed E-state index contributed by atoms with van der Waals surface area (Å²) in [5.74, 6) is 0.0577. The number of rotatable bonds is 5. The summed E-state index contributed by atoms with van der Waals surface area (Å²) in [6.45, 7) is 0.901. The number of carbonyl (C=O) groups excluding carboxylic acids is 2. The van der Waals surface area contributed by atoms with Crippen LogP contribution in [0.2, 0.25) is 0 Å². The topological polar surface area (TPSA) is 84.7 Å². The van der Waals surface area contributed by atoms with Crippen LogP contribution in [0.1, 0.15) is 19.3 Å². The highest BCUT2D eigenvalue weighted by atomic mass is 16.5. The molecule has 1 rings (SSSR count). The molecule has 0 radical (unpaired) electrons. The van der Waals surface area contributed by atoms with Gasteiger partial charge in [0, 0.05) is 39.7 Å². The summed E-state index contributed by atoms with van der Waals surface area (Å²) in [6.07, 6.45) is 1.22. The number of nitrogens with two attached hydrogens (primary N) is 1. The largest absolute Gasteiger partial charge is 0.380 e. The predicted octanol–water partition coefficient (Wildman–Crippen LogP) is -0.913. The quantitative estimate of drug-likeness (QED) is 0.654. The van der Waals surface area contributed by atoms with Gasteiger partial charge in [-0.05, 0) is 6.42 Å². The third-order valence-electron chi connectivity index (χ3n) is 3.00. The molecule has 0 saturated carbocycles. The minimum absolute atomic E-state index is 0.0421. The first kappa shape index (κ1) is 13.9. The number of nitrogens with one attached hydrogen (secondary N) is 1. The maximum atomic E-state index is 11.7. The van der Waals surface area contributed by atoms with Crippen LogP contribution < -0.4 is 11.1 Å². The van der Waals surface area contributed by atoms with Crippen LogP contribution in [0.5, 0.6) is 0 Å². The van der Waals surface area contributed by atoms with E-state index >= 15 is 0 Å². The molecular formula is C11H21N3O3. The lowest BCUT2D eigenvalue weighted by molar-refractivity contribution is -0.134. The third-order valence-corrected chi connectivity index (χ3v) is 3.00. The van der Waals surface area contributed by atoms with E-state index in [0.717, 1.165) is 0 Å². The summed E-state index contributed by atoms with van der Waals surface area (Å²) in [7, 11) is 3.29. The summed E-state index contributed by atoms with van der Waals surface area (Å²) in [6, 6.07) is 0.0421. The molecule has 98 valence electrons. The first-order valence-electron chi connectivity index (χ1n) is 5.83. The molecule has 1 aliphatic heterocycles. The van der Waals surface area contributed by atoms with Crippen LogP contribution >= 0.6 is 0 Å². The molecule has 17 heavy (non-hydrogen) atoms. The SMILES string of the molecule is COC(CN)CC(=O)NC1CCC(=O)N(C)C1. The molecular weight excluding hydrogens is 222 g/mol. The van der Waals surface area contributed by atoms with Gasteiger partial charge in [0.2, 0.25) is 11.8 Å². The number of ether oxygens (including phenoxy) is 1. The summed E-state index contributed by atoms with van der Waals surface area (Å²) in [5, 5.41) is 2.90. The molecule has 2 atom stereocenters. The Morgan fingerprint density at radius 2 is 2.41 bits per heavy atom. The highest BCUT2D eigenvalue weighted by Gasteiger charge is 2.24. The second-order valence-electron chi connectivity index (χ2n) is 4.37. The number of hydrogen-bond acceptors (Lipinski definition) is 4. The number of hydrogen-bond donors (Lipinski definition) is 2. The lowest BCUT2D eigenvalue weighted by atomic mass is 10.1. The van der Waals surface area contributed by atoms with Crippen LogP contribution in [0.25, 0.3) is 0 Å². The van der Waals surface area contributed by atoms with Gasteiger partial charge < -0.3 is 20.7 Å². The number of amides is 2. The molecule has 1 heterocycles. The summed E-state index contributed by atoms with van der Waals surface area (Å²) in [5.41, 5.74) is 5.45. The maximum absolute atomic E-state index is 11.7. The molecule has 0 aromatic rings. The average molecular weight is 243 g/mol. The first-order valence-corrected chi connectivity index (χ1v) is 5.83. The number of methoxy groups -OCH3 is 1. The Kier molecular flexibility index (Phi) is 5.37. The van der Waals surface area contributed by atoms with E-state index in [0.29, 0.717) is 25.9 Å². The van der Waals surface area contributed by atoms with Crippen LogP contribution in [0.3, 0.4) is 0 Å². The Labute approximate surface area is 101 Å². The molecule has 0 aliphatic carbocycles. The van der Waals surface area contributed by atoms with Gasteiger partial charge in [-0.3, -0.25) is 9.59 Å². The van der Waals surface area contributed by atoms with Crippen LogP contribution in [-0.2, 0) is 14.3 Å². The van der Waals surface area contributed by atoms with Crippen molar-refractivity contribution in [3.05, 3.63) is 0 Å². The minimum atomic E-state index is -0.238. The van der Waals surface area contributed by atoms with Gasteiger partial charge in [0.25, 0.3) is 0 Å². The van der Waals surface area contributed by atoms with Crippen molar-refractivity contribution >= 4 is 11.8 Å². The second kappa shape index (κ2) is 6.56. The molecule has 3 N–H and O–H groups in total. The molecule has 0 bridgehead atoms. The smallest absolute Gasteiger partial charge is 0.222 e. The van der Waals surface area contributed by atoms with E-state index in [1.165, 1.54) is 7.11 Å². The molecule has 6 nitrogen and oxygen atoms in total. The number of likely N-dealkylation sites (N-methyl/N-ethyl adjacent to an activating group) is 1. The first-order chi connectivity index (χ1) is 8.06. The van der Waals surface area contributed by atoms with E-state index < -0.39 is 0 Å². The van der Waals surface area contributed by atoms with Crippen molar-refractivity contribution in [2.75, 3.05) is 27.2 Å². The lowest BCUT2D eigenvalue weighted by Gasteiger charge is -2.30. The van der Waals surface area contributed by atoms with E-state index in [4.69, 9.17) is 10.5 Å². The molecule has 2 amide bonds. The number of piperidine rings is 1. The van der Waals surface area contributed by atoms with Crippen molar-refractivity contribution in [3.63, 3.8) is 0 Å². The van der Waals surface area contributed by atoms with Gasteiger partial charge in [0.1, 0.15) is 0 Å². The monoisotopic (exact) mass is 243 g/mol. The normalized spacial score (nSPS) is 22.4. The van der Waals surface area contributed by atoms with Gasteiger partial charge in [0.05, 0.1) is 12.5 Å². The Balaban J connectivity index is 2.34. The van der Waals surface area contributed by atoms with Crippen LogP contribution in [0.4, 0.5) is 0 Å². The molecule has 1 fully saturated rings. The number of carbonyl (C=O) groups is 2. The van der Waals surface area contributed by atoms with Gasteiger partial charge in [0.15, 0.2) is 0 Å². The standard InChI is InChI=1S/C11H21N3O3/c1-14-7-8(3-4-11(14)16)13-10(15)5-9(6-12)17-2/h8-9H,3-7,12H2,1-2H3,(H,13,15). The highest BCUT2D eigenvalue weighted by Crippen LogP contribution is 2.10. The fraction of sp³-hybridized carbons (Fsp3) is 0.818. The molecule has 0 aromatic carbocycles. The molecule has 1 aliphatic rings. The summed E-state index contributed by atoms with van der Waals surface area (Å²) < 4.78 is 5.05. The van der Waals surface area contributed by atoms with Crippen molar-refractivity contribution in [1.82, 2.24) is 10.2 Å². The minimum Gasteiger partial charge on any atom is -0.380 e. The number of nitrogens with zero attached hydrogens (tertiary/aromatic N) is 1. The van der Waals surface area contributed by atoms with Gasteiger partial charge >= 0.3 is 0 Å². The van der Waals surface area contributed by atoms with Crippen LogP contribution in [0.15, 0.2) is 0 Å². The van der Waals surface area contributed by atoms with E-state index in [1.807, 2.05) is 0 Å². The highest BCUT2D eigenvalue weighted by molar-refractivity contribution is 5.79. The van der Waals surface area contributed by atoms with E-state index in [-0.39, 0.29) is 30.4 Å². The summed E-state index contributed by atoms with van der Waals surface area (Å²) in [4.78, 5) is 24.6. The van der Waals surface area contributed by atoms with Crippen molar-refractivity contribution in [3.8, 4) is 0 Å². The Morgan fingerprint density at radius 3 is 2.94 bits per heavy atom. The van der Waals surface area contributed by atoms with E-state index in [9.17, 15) is 9.59 Å². The molecule has 6 heteroatoms. The predicted molar refractivity (Wildman–Crippen MR) is 63.3 cm³/mol. The van der Waals surface area contributed by atoms with E-state index in [2.05, 4.69) is 5.32 Å². The lowest BCUT2D eigenvalue weighted by Crippen LogP contribution is -2.49. The maximum Gasteiger partial charge on any atom is 0.222 e. The second-order valence-corrected chi connectivity index (χ2v) is 4.37. The average Bonchev–Trinajstić information content (AvgIpc) is 2.31. The van der Waals surface area contributed by atoms with Gasteiger partial charge in [-0.2, -0.15) is 0 Å². The molecule has 0 spiro atoms. The van der Waals surface area contributed by atoms with Gasteiger partial charge in [-0.25, -0.2) is 0 Å². The van der Waals surface area contributed by atoms with Gasteiger partial charge in [-0.15, -0.1) is 0 Å². The van der Waals surface area contributed by atoms with Crippen molar-refractivity contribution in [2.24, 2.45) is 5.73 Å². The van der Waals surface area contributed by atoms with Crippen molar-refractivity contribution < 1.29 is 14.3 Å². The fourth-order valence-corrected chi connectivity index (χ4v) is 1.89.